The van der Waals surface area contributed by atoms with E-state index in [0.29, 0.717) is 0 Å². The van der Waals surface area contributed by atoms with Gasteiger partial charge in [-0.05, 0) is 18.9 Å². The maximum Gasteiger partial charge on any atom is 0.193 e. The summed E-state index contributed by atoms with van der Waals surface area (Å²) < 4.78 is 0. The van der Waals surface area contributed by atoms with E-state index >= 15 is 0 Å². The van der Waals surface area contributed by atoms with Crippen LogP contribution in [0.2, 0.25) is 0 Å². The number of aliphatic imine (C=N–C) groups is 1. The Bertz CT molecular complexity index is 606. The fraction of sp³-hybridized carbons (Fsp3) is 0.444. The van der Waals surface area contributed by atoms with Crippen LogP contribution in [0.1, 0.15) is 30.1 Å². The first kappa shape index (κ1) is 17.5. The Morgan fingerprint density at radius 2 is 2.04 bits per heavy atom. The van der Waals surface area contributed by atoms with Crippen molar-refractivity contribution in [3.05, 3.63) is 52.0 Å². The number of hydrogen-bond donors (Lipinski definition) is 1. The van der Waals surface area contributed by atoms with Crippen LogP contribution in [-0.4, -0.2) is 36.0 Å². The first-order chi connectivity index (χ1) is 11.2. The van der Waals surface area contributed by atoms with Gasteiger partial charge in [-0.3, -0.25) is 4.99 Å². The van der Waals surface area contributed by atoms with Crippen molar-refractivity contribution in [1.82, 2.24) is 15.2 Å². The normalized spacial score (nSPS) is 11.5. The van der Waals surface area contributed by atoms with Gasteiger partial charge >= 0.3 is 0 Å². The van der Waals surface area contributed by atoms with Gasteiger partial charge in [-0.2, -0.15) is 0 Å². The topological polar surface area (TPSA) is 40.5 Å². The van der Waals surface area contributed by atoms with Crippen LogP contribution in [0.15, 0.2) is 40.7 Å². The zero-order valence-corrected chi connectivity index (χ0v) is 15.1. The molecule has 2 rings (SSSR count). The van der Waals surface area contributed by atoms with E-state index < -0.39 is 0 Å². The molecule has 2 aromatic rings. The number of aromatic nitrogens is 1. The number of nitrogens with zero attached hydrogens (tertiary/aromatic N) is 3. The minimum Gasteiger partial charge on any atom is -0.357 e. The molecule has 0 saturated heterocycles. The number of thiazole rings is 1. The number of nitrogens with one attached hydrogen (secondary N) is 1. The van der Waals surface area contributed by atoms with Gasteiger partial charge in [0.1, 0.15) is 0 Å². The lowest BCUT2D eigenvalue weighted by Gasteiger charge is -2.22. The largest absolute Gasteiger partial charge is 0.357 e. The van der Waals surface area contributed by atoms with Crippen molar-refractivity contribution in [2.75, 3.05) is 20.1 Å². The molecule has 23 heavy (non-hydrogen) atoms. The van der Waals surface area contributed by atoms with E-state index in [2.05, 4.69) is 65.7 Å². The van der Waals surface area contributed by atoms with E-state index in [-0.39, 0.29) is 0 Å². The standard InChI is InChI=1S/C18H26N4S/c1-4-17-21-16(14-23-17)11-12-20-18(19-5-2)22(3)13-15-9-7-6-8-10-15/h6-10,14H,4-5,11-13H2,1-3H3,(H,19,20). The molecule has 1 N–H and O–H groups in total. The molecule has 1 heterocycles. The fourth-order valence-electron chi connectivity index (χ4n) is 2.30. The molecular weight excluding hydrogens is 304 g/mol. The lowest BCUT2D eigenvalue weighted by molar-refractivity contribution is 0.477. The second kappa shape index (κ2) is 9.30. The number of hydrogen-bond acceptors (Lipinski definition) is 3. The molecular formula is C18H26N4S. The highest BCUT2D eigenvalue weighted by Gasteiger charge is 2.06. The highest BCUT2D eigenvalue weighted by Crippen LogP contribution is 2.10. The number of benzene rings is 1. The molecule has 5 heteroatoms. The third-order valence-electron chi connectivity index (χ3n) is 3.49. The van der Waals surface area contributed by atoms with Gasteiger partial charge in [-0.15, -0.1) is 11.3 Å². The molecule has 1 aromatic carbocycles. The molecule has 0 unspecified atom stereocenters. The summed E-state index contributed by atoms with van der Waals surface area (Å²) in [4.78, 5) is 11.5. The average Bonchev–Trinajstić information content (AvgIpc) is 3.03. The lowest BCUT2D eigenvalue weighted by Crippen LogP contribution is -2.38. The fourth-order valence-corrected chi connectivity index (χ4v) is 3.08. The first-order valence-corrected chi connectivity index (χ1v) is 9.07. The third kappa shape index (κ3) is 5.67. The summed E-state index contributed by atoms with van der Waals surface area (Å²) in [5.74, 6) is 0.947. The Morgan fingerprint density at radius 1 is 1.26 bits per heavy atom. The molecule has 0 aliphatic carbocycles. The van der Waals surface area contributed by atoms with Gasteiger partial charge in [-0.1, -0.05) is 37.3 Å². The Balaban J connectivity index is 1.93. The van der Waals surface area contributed by atoms with Crippen LogP contribution in [0.3, 0.4) is 0 Å². The Hall–Kier alpha value is -1.88. The summed E-state index contributed by atoms with van der Waals surface area (Å²) in [6.07, 6.45) is 1.90. The quantitative estimate of drug-likeness (QED) is 0.625. The lowest BCUT2D eigenvalue weighted by atomic mass is 10.2. The van der Waals surface area contributed by atoms with Crippen molar-refractivity contribution >= 4 is 17.3 Å². The molecule has 0 fully saturated rings. The summed E-state index contributed by atoms with van der Waals surface area (Å²) in [5, 5.41) is 6.72. The van der Waals surface area contributed by atoms with Gasteiger partial charge in [0.2, 0.25) is 0 Å². The molecule has 124 valence electrons. The summed E-state index contributed by atoms with van der Waals surface area (Å²) in [7, 11) is 2.08. The number of guanidine groups is 1. The average molecular weight is 331 g/mol. The van der Waals surface area contributed by atoms with Gasteiger partial charge in [0, 0.05) is 38.5 Å². The number of rotatable bonds is 7. The van der Waals surface area contributed by atoms with Crippen LogP contribution in [0.5, 0.6) is 0 Å². The van der Waals surface area contributed by atoms with E-state index in [1.807, 2.05) is 6.07 Å². The highest BCUT2D eigenvalue weighted by atomic mass is 32.1. The Kier molecular flexibility index (Phi) is 7.07. The van der Waals surface area contributed by atoms with Crippen molar-refractivity contribution in [3.63, 3.8) is 0 Å². The zero-order chi connectivity index (χ0) is 16.5. The van der Waals surface area contributed by atoms with E-state index in [1.165, 1.54) is 10.6 Å². The van der Waals surface area contributed by atoms with Crippen molar-refractivity contribution in [3.8, 4) is 0 Å². The van der Waals surface area contributed by atoms with Crippen LogP contribution >= 0.6 is 11.3 Å². The monoisotopic (exact) mass is 330 g/mol. The van der Waals surface area contributed by atoms with Crippen LogP contribution in [0.25, 0.3) is 0 Å². The molecule has 0 aliphatic heterocycles. The predicted molar refractivity (Wildman–Crippen MR) is 99.1 cm³/mol. The van der Waals surface area contributed by atoms with Crippen LogP contribution in [0, 0.1) is 0 Å². The summed E-state index contributed by atoms with van der Waals surface area (Å²) in [6, 6.07) is 10.5. The minimum atomic E-state index is 0.758. The minimum absolute atomic E-state index is 0.758. The highest BCUT2D eigenvalue weighted by molar-refractivity contribution is 7.09. The molecule has 0 bridgehead atoms. The Labute approximate surface area is 143 Å². The van der Waals surface area contributed by atoms with Crippen molar-refractivity contribution in [2.24, 2.45) is 4.99 Å². The van der Waals surface area contributed by atoms with Gasteiger partial charge < -0.3 is 10.2 Å². The second-order valence-corrected chi connectivity index (χ2v) is 6.36. The molecule has 0 aliphatic rings. The second-order valence-electron chi connectivity index (χ2n) is 5.41. The maximum atomic E-state index is 4.74. The van der Waals surface area contributed by atoms with Crippen LogP contribution < -0.4 is 5.32 Å². The molecule has 1 aromatic heterocycles. The molecule has 0 saturated carbocycles. The Morgan fingerprint density at radius 3 is 2.70 bits per heavy atom. The SMILES string of the molecule is CCNC(=NCCc1csc(CC)n1)N(C)Cc1ccccc1. The molecule has 0 radical (unpaired) electrons. The summed E-state index contributed by atoms with van der Waals surface area (Å²) in [6.45, 7) is 6.72. The summed E-state index contributed by atoms with van der Waals surface area (Å²) >= 11 is 1.74. The van der Waals surface area contributed by atoms with Gasteiger partial charge in [0.25, 0.3) is 0 Å². The van der Waals surface area contributed by atoms with Gasteiger partial charge in [-0.25, -0.2) is 4.98 Å². The van der Waals surface area contributed by atoms with Crippen molar-refractivity contribution < 1.29 is 0 Å². The van der Waals surface area contributed by atoms with Crippen molar-refractivity contribution in [1.29, 1.82) is 0 Å². The van der Waals surface area contributed by atoms with E-state index in [0.717, 1.165) is 44.1 Å². The first-order valence-electron chi connectivity index (χ1n) is 8.19. The number of aryl methyl sites for hydroxylation is 1. The van der Waals surface area contributed by atoms with Crippen LogP contribution in [-0.2, 0) is 19.4 Å². The molecule has 4 nitrogen and oxygen atoms in total. The van der Waals surface area contributed by atoms with Gasteiger partial charge in [0.15, 0.2) is 5.96 Å². The predicted octanol–water partition coefficient (Wildman–Crippen LogP) is 3.35. The molecule has 0 atom stereocenters. The zero-order valence-electron chi connectivity index (χ0n) is 14.2. The van der Waals surface area contributed by atoms with E-state index in [1.54, 1.807) is 11.3 Å². The maximum absolute atomic E-state index is 4.74. The van der Waals surface area contributed by atoms with Crippen molar-refractivity contribution in [2.45, 2.75) is 33.2 Å². The van der Waals surface area contributed by atoms with Crippen LogP contribution in [0.4, 0.5) is 0 Å². The summed E-state index contributed by atoms with van der Waals surface area (Å²) in [5.41, 5.74) is 2.44. The van der Waals surface area contributed by atoms with E-state index in [4.69, 9.17) is 4.99 Å². The smallest absolute Gasteiger partial charge is 0.193 e. The third-order valence-corrected chi connectivity index (χ3v) is 4.53. The molecule has 0 amide bonds. The van der Waals surface area contributed by atoms with Gasteiger partial charge in [0.05, 0.1) is 10.7 Å². The molecule has 0 spiro atoms. The van der Waals surface area contributed by atoms with E-state index in [9.17, 15) is 0 Å².